The molecule has 3 aromatic rings. The van der Waals surface area contributed by atoms with Crippen molar-refractivity contribution in [3.63, 3.8) is 0 Å². The van der Waals surface area contributed by atoms with E-state index in [0.717, 1.165) is 29.1 Å². The highest BCUT2D eigenvalue weighted by Crippen LogP contribution is 2.25. The van der Waals surface area contributed by atoms with Crippen LogP contribution in [0.3, 0.4) is 0 Å². The molecule has 2 N–H and O–H groups in total. The van der Waals surface area contributed by atoms with Crippen molar-refractivity contribution >= 4 is 46.1 Å². The standard InChI is InChI=1S/C23H31ClN6O2S/c1-6-33-22-28-19(26-13-15(2)3)18-14-27-30(20(18)29-22)12-11-25-21(31)23(4,5)32-17-9-7-16(24)8-10-17/h7-10,14-15H,6,11-13H2,1-5H3,(H,25,31)(H,26,28,29). The Labute approximate surface area is 203 Å². The van der Waals surface area contributed by atoms with Crippen molar-refractivity contribution in [2.45, 2.75) is 51.9 Å². The molecule has 178 valence electrons. The molecule has 2 heterocycles. The second kappa shape index (κ2) is 11.1. The van der Waals surface area contributed by atoms with E-state index in [1.807, 2.05) is 0 Å². The molecule has 2 aromatic heterocycles. The molecule has 1 amide bonds. The van der Waals surface area contributed by atoms with Crippen LogP contribution in [0.1, 0.15) is 34.6 Å². The van der Waals surface area contributed by atoms with Crippen LogP contribution in [0.4, 0.5) is 5.82 Å². The van der Waals surface area contributed by atoms with Gasteiger partial charge in [0, 0.05) is 18.1 Å². The lowest BCUT2D eigenvalue weighted by atomic mass is 10.1. The van der Waals surface area contributed by atoms with Gasteiger partial charge in [-0.3, -0.25) is 4.79 Å². The second-order valence-corrected chi connectivity index (χ2v) is 10.2. The van der Waals surface area contributed by atoms with E-state index in [9.17, 15) is 4.79 Å². The Hall–Kier alpha value is -2.52. The molecule has 0 aliphatic rings. The molecule has 0 aliphatic heterocycles. The van der Waals surface area contributed by atoms with Crippen LogP contribution < -0.4 is 15.4 Å². The van der Waals surface area contributed by atoms with Gasteiger partial charge in [-0.1, -0.05) is 44.1 Å². The molecule has 0 atom stereocenters. The normalized spacial score (nSPS) is 11.7. The van der Waals surface area contributed by atoms with Crippen LogP contribution in [-0.4, -0.2) is 50.1 Å². The van der Waals surface area contributed by atoms with Crippen LogP contribution in [0.5, 0.6) is 5.75 Å². The van der Waals surface area contributed by atoms with Crippen LogP contribution in [-0.2, 0) is 11.3 Å². The van der Waals surface area contributed by atoms with Crippen LogP contribution >= 0.6 is 23.4 Å². The van der Waals surface area contributed by atoms with E-state index in [2.05, 4.69) is 46.5 Å². The van der Waals surface area contributed by atoms with Crippen LogP contribution in [0, 0.1) is 5.92 Å². The summed E-state index contributed by atoms with van der Waals surface area (Å²) in [7, 11) is 0. The van der Waals surface area contributed by atoms with Gasteiger partial charge in [0.2, 0.25) is 0 Å². The van der Waals surface area contributed by atoms with Gasteiger partial charge in [-0.2, -0.15) is 5.10 Å². The number of benzene rings is 1. The van der Waals surface area contributed by atoms with Crippen molar-refractivity contribution in [3.8, 4) is 5.75 Å². The van der Waals surface area contributed by atoms with Gasteiger partial charge in [0.05, 0.1) is 18.1 Å². The zero-order valence-electron chi connectivity index (χ0n) is 19.7. The Bertz CT molecular complexity index is 1080. The lowest BCUT2D eigenvalue weighted by molar-refractivity contribution is -0.134. The van der Waals surface area contributed by atoms with Crippen molar-refractivity contribution in [1.29, 1.82) is 0 Å². The molecule has 0 saturated heterocycles. The van der Waals surface area contributed by atoms with E-state index in [1.165, 1.54) is 0 Å². The van der Waals surface area contributed by atoms with E-state index in [1.54, 1.807) is 60.8 Å². The molecule has 0 aliphatic carbocycles. The van der Waals surface area contributed by atoms with Gasteiger partial charge in [-0.25, -0.2) is 14.6 Å². The van der Waals surface area contributed by atoms with Gasteiger partial charge in [-0.15, -0.1) is 0 Å². The predicted octanol–water partition coefficient (Wildman–Crippen LogP) is 4.63. The molecule has 1 aromatic carbocycles. The van der Waals surface area contributed by atoms with Gasteiger partial charge in [0.15, 0.2) is 16.4 Å². The van der Waals surface area contributed by atoms with Crippen molar-refractivity contribution < 1.29 is 9.53 Å². The van der Waals surface area contributed by atoms with Crippen molar-refractivity contribution in [1.82, 2.24) is 25.1 Å². The zero-order valence-corrected chi connectivity index (χ0v) is 21.3. The molecule has 10 heteroatoms. The summed E-state index contributed by atoms with van der Waals surface area (Å²) in [6.07, 6.45) is 1.77. The summed E-state index contributed by atoms with van der Waals surface area (Å²) >= 11 is 7.50. The molecule has 33 heavy (non-hydrogen) atoms. The van der Waals surface area contributed by atoms with Gasteiger partial charge < -0.3 is 15.4 Å². The van der Waals surface area contributed by atoms with Crippen LogP contribution in [0.25, 0.3) is 11.0 Å². The number of hydrogen-bond acceptors (Lipinski definition) is 7. The summed E-state index contributed by atoms with van der Waals surface area (Å²) in [6, 6.07) is 6.93. The smallest absolute Gasteiger partial charge is 0.263 e. The third kappa shape index (κ3) is 6.74. The average molecular weight is 491 g/mol. The fraction of sp³-hybridized carbons (Fsp3) is 0.478. The minimum Gasteiger partial charge on any atom is -0.478 e. The number of thioether (sulfide) groups is 1. The number of aromatic nitrogens is 4. The molecule has 0 bridgehead atoms. The molecular formula is C23H31ClN6O2S. The number of rotatable bonds is 11. The highest BCUT2D eigenvalue weighted by molar-refractivity contribution is 7.99. The number of fused-ring (bicyclic) bond motifs is 1. The first-order valence-electron chi connectivity index (χ1n) is 11.0. The van der Waals surface area contributed by atoms with Gasteiger partial charge in [-0.05, 0) is 49.8 Å². The molecule has 0 unspecified atom stereocenters. The first-order valence-corrected chi connectivity index (χ1v) is 12.4. The number of ether oxygens (including phenoxy) is 1. The summed E-state index contributed by atoms with van der Waals surface area (Å²) in [5, 5.41) is 13.0. The minimum atomic E-state index is -1.04. The SMILES string of the molecule is CCSc1nc(NCC(C)C)c2cnn(CCNC(=O)C(C)(C)Oc3ccc(Cl)cc3)c2n1. The van der Waals surface area contributed by atoms with Crippen molar-refractivity contribution in [2.75, 3.05) is 24.2 Å². The van der Waals surface area contributed by atoms with Gasteiger partial charge in [0.1, 0.15) is 11.6 Å². The van der Waals surface area contributed by atoms with E-state index < -0.39 is 5.60 Å². The number of nitrogens with one attached hydrogen (secondary N) is 2. The number of hydrogen-bond donors (Lipinski definition) is 2. The number of halogens is 1. The summed E-state index contributed by atoms with van der Waals surface area (Å²) in [4.78, 5) is 22.1. The molecule has 0 spiro atoms. The Morgan fingerprint density at radius 2 is 1.97 bits per heavy atom. The van der Waals surface area contributed by atoms with E-state index in [-0.39, 0.29) is 5.91 Å². The predicted molar refractivity (Wildman–Crippen MR) is 134 cm³/mol. The maximum Gasteiger partial charge on any atom is 0.263 e. The highest BCUT2D eigenvalue weighted by atomic mass is 35.5. The van der Waals surface area contributed by atoms with Gasteiger partial charge >= 0.3 is 0 Å². The third-order valence-electron chi connectivity index (χ3n) is 4.77. The molecule has 3 rings (SSSR count). The topological polar surface area (TPSA) is 94.0 Å². The first kappa shape index (κ1) is 25.1. The van der Waals surface area contributed by atoms with Crippen LogP contribution in [0.15, 0.2) is 35.6 Å². The second-order valence-electron chi connectivity index (χ2n) is 8.49. The first-order chi connectivity index (χ1) is 15.7. The summed E-state index contributed by atoms with van der Waals surface area (Å²) in [6.45, 7) is 11.5. The number of amides is 1. The number of anilines is 1. The summed E-state index contributed by atoms with van der Waals surface area (Å²) in [5.74, 6) is 2.52. The van der Waals surface area contributed by atoms with Crippen LogP contribution in [0.2, 0.25) is 5.02 Å². The van der Waals surface area contributed by atoms with Crippen molar-refractivity contribution in [3.05, 3.63) is 35.5 Å². The van der Waals surface area contributed by atoms with E-state index in [4.69, 9.17) is 16.3 Å². The van der Waals surface area contributed by atoms with E-state index in [0.29, 0.717) is 34.9 Å². The monoisotopic (exact) mass is 490 g/mol. The Morgan fingerprint density at radius 3 is 2.64 bits per heavy atom. The Balaban J connectivity index is 1.67. The molecule has 0 fully saturated rings. The highest BCUT2D eigenvalue weighted by Gasteiger charge is 2.29. The largest absolute Gasteiger partial charge is 0.478 e. The molecule has 8 nitrogen and oxygen atoms in total. The Morgan fingerprint density at radius 1 is 1.24 bits per heavy atom. The molecular weight excluding hydrogens is 460 g/mol. The lowest BCUT2D eigenvalue weighted by Gasteiger charge is -2.25. The Kier molecular flexibility index (Phi) is 8.42. The minimum absolute atomic E-state index is 0.218. The quantitative estimate of drug-likeness (QED) is 0.299. The third-order valence-corrected chi connectivity index (χ3v) is 5.75. The lowest BCUT2D eigenvalue weighted by Crippen LogP contribution is -2.47. The number of carbonyl (C=O) groups excluding carboxylic acids is 1. The maximum atomic E-state index is 12.7. The fourth-order valence-corrected chi connectivity index (χ4v) is 3.75. The summed E-state index contributed by atoms with van der Waals surface area (Å²) in [5.41, 5.74) is -0.292. The zero-order chi connectivity index (χ0) is 24.0. The average Bonchev–Trinajstić information content (AvgIpc) is 3.16. The maximum absolute atomic E-state index is 12.7. The van der Waals surface area contributed by atoms with Gasteiger partial charge in [0.25, 0.3) is 5.91 Å². The number of carbonyl (C=O) groups is 1. The van der Waals surface area contributed by atoms with E-state index >= 15 is 0 Å². The molecule has 0 radical (unpaired) electrons. The molecule has 0 saturated carbocycles. The van der Waals surface area contributed by atoms with Crippen molar-refractivity contribution in [2.24, 2.45) is 5.92 Å². The summed E-state index contributed by atoms with van der Waals surface area (Å²) < 4.78 is 7.65. The fourth-order valence-electron chi connectivity index (χ4n) is 3.06. The number of nitrogens with zero attached hydrogens (tertiary/aromatic N) is 4.